The molecule has 1 atom stereocenters. The predicted octanol–water partition coefficient (Wildman–Crippen LogP) is 0.787. The lowest BCUT2D eigenvalue weighted by molar-refractivity contribution is -0.132. The third-order valence-electron chi connectivity index (χ3n) is 3.62. The van der Waals surface area contributed by atoms with Gasteiger partial charge in [0.25, 0.3) is 0 Å². The highest BCUT2D eigenvalue weighted by atomic mass is 32.2. The molecule has 0 saturated carbocycles. The largest absolute Gasteiger partial charge is 0.384 e. The third kappa shape index (κ3) is 2.03. The molecule has 3 rings (SSSR count). The van der Waals surface area contributed by atoms with E-state index in [2.05, 4.69) is 5.32 Å². The summed E-state index contributed by atoms with van der Waals surface area (Å²) in [5.41, 5.74) is 2.16. The van der Waals surface area contributed by atoms with E-state index in [-0.39, 0.29) is 11.8 Å². The molecule has 0 spiro atoms. The standard InChI is InChI=1S/C13H16N2O2S/c16-13(15-5-7-18(17)8-6-15)11-9-14-12-4-2-1-3-10(11)12/h1-4,11,14H,5-9H2. The number of amides is 1. The molecule has 1 saturated heterocycles. The van der Waals surface area contributed by atoms with Crippen molar-refractivity contribution in [1.29, 1.82) is 0 Å². The lowest BCUT2D eigenvalue weighted by Crippen LogP contribution is -2.44. The van der Waals surface area contributed by atoms with Crippen molar-refractivity contribution in [2.45, 2.75) is 5.92 Å². The van der Waals surface area contributed by atoms with E-state index in [1.54, 1.807) is 0 Å². The van der Waals surface area contributed by atoms with Crippen molar-refractivity contribution >= 4 is 22.4 Å². The van der Waals surface area contributed by atoms with Crippen LogP contribution in [-0.4, -0.2) is 46.2 Å². The highest BCUT2D eigenvalue weighted by Crippen LogP contribution is 2.32. The van der Waals surface area contributed by atoms with E-state index in [1.165, 1.54) is 0 Å². The first-order valence-electron chi connectivity index (χ1n) is 6.22. The summed E-state index contributed by atoms with van der Waals surface area (Å²) >= 11 is 0. The van der Waals surface area contributed by atoms with Crippen LogP contribution in [0.3, 0.4) is 0 Å². The summed E-state index contributed by atoms with van der Waals surface area (Å²) < 4.78 is 11.3. The maximum atomic E-state index is 12.5. The molecule has 2 aliphatic rings. The number of carbonyl (C=O) groups excluding carboxylic acids is 1. The van der Waals surface area contributed by atoms with Crippen LogP contribution in [0.2, 0.25) is 0 Å². The second kappa shape index (κ2) is 4.72. The second-order valence-corrected chi connectivity index (χ2v) is 6.39. The van der Waals surface area contributed by atoms with Gasteiger partial charge in [-0.2, -0.15) is 0 Å². The molecule has 2 heterocycles. The maximum absolute atomic E-state index is 12.5. The molecule has 1 fully saturated rings. The summed E-state index contributed by atoms with van der Waals surface area (Å²) in [5.74, 6) is 1.33. The number of fused-ring (bicyclic) bond motifs is 1. The van der Waals surface area contributed by atoms with Crippen LogP contribution in [0.25, 0.3) is 0 Å². The number of rotatable bonds is 1. The Hall–Kier alpha value is -1.36. The van der Waals surface area contributed by atoms with Crippen LogP contribution in [-0.2, 0) is 15.6 Å². The number of benzene rings is 1. The highest BCUT2D eigenvalue weighted by molar-refractivity contribution is 7.85. The summed E-state index contributed by atoms with van der Waals surface area (Å²) in [6.07, 6.45) is 0. The normalized spacial score (nSPS) is 23.6. The monoisotopic (exact) mass is 264 g/mol. The Morgan fingerprint density at radius 2 is 2.00 bits per heavy atom. The van der Waals surface area contributed by atoms with Gasteiger partial charge in [-0.3, -0.25) is 9.00 Å². The summed E-state index contributed by atoms with van der Waals surface area (Å²) in [4.78, 5) is 14.3. The Kier molecular flexibility index (Phi) is 3.07. The number of hydrogen-bond acceptors (Lipinski definition) is 3. The van der Waals surface area contributed by atoms with Gasteiger partial charge >= 0.3 is 0 Å². The van der Waals surface area contributed by atoms with Crippen LogP contribution in [0.1, 0.15) is 11.5 Å². The first kappa shape index (κ1) is 11.7. The first-order chi connectivity index (χ1) is 8.75. The molecule has 0 radical (unpaired) electrons. The molecule has 0 aromatic heterocycles. The van der Waals surface area contributed by atoms with Gasteiger partial charge in [-0.05, 0) is 11.6 Å². The van der Waals surface area contributed by atoms with Gasteiger partial charge < -0.3 is 10.2 Å². The zero-order valence-electron chi connectivity index (χ0n) is 10.1. The van der Waals surface area contributed by atoms with E-state index in [1.807, 2.05) is 29.2 Å². The molecule has 18 heavy (non-hydrogen) atoms. The Bertz CT molecular complexity index is 494. The number of carbonyl (C=O) groups is 1. The minimum absolute atomic E-state index is 0.0762. The minimum Gasteiger partial charge on any atom is -0.384 e. The number of anilines is 1. The van der Waals surface area contributed by atoms with Gasteiger partial charge in [0.05, 0.1) is 5.92 Å². The smallest absolute Gasteiger partial charge is 0.232 e. The topological polar surface area (TPSA) is 49.4 Å². The molecular formula is C13H16N2O2S. The number of nitrogens with one attached hydrogen (secondary N) is 1. The van der Waals surface area contributed by atoms with Crippen LogP contribution in [0.5, 0.6) is 0 Å². The summed E-state index contributed by atoms with van der Waals surface area (Å²) in [5, 5.41) is 3.27. The summed E-state index contributed by atoms with van der Waals surface area (Å²) in [6.45, 7) is 1.94. The lowest BCUT2D eigenvalue weighted by atomic mass is 10.00. The molecule has 5 heteroatoms. The van der Waals surface area contributed by atoms with Gasteiger partial charge in [0.15, 0.2) is 0 Å². The fourth-order valence-corrected chi connectivity index (χ4v) is 3.63. The average Bonchev–Trinajstić information content (AvgIpc) is 2.82. The fraction of sp³-hybridized carbons (Fsp3) is 0.462. The van der Waals surface area contributed by atoms with Crippen molar-refractivity contribution in [3.63, 3.8) is 0 Å². The molecule has 96 valence electrons. The van der Waals surface area contributed by atoms with Crippen molar-refractivity contribution in [2.24, 2.45) is 0 Å². The van der Waals surface area contributed by atoms with Crippen molar-refractivity contribution in [2.75, 3.05) is 36.5 Å². The van der Waals surface area contributed by atoms with E-state index in [4.69, 9.17) is 0 Å². The van der Waals surface area contributed by atoms with Crippen LogP contribution < -0.4 is 5.32 Å². The average molecular weight is 264 g/mol. The first-order valence-corrected chi connectivity index (χ1v) is 7.71. The van der Waals surface area contributed by atoms with Gasteiger partial charge in [0.1, 0.15) is 0 Å². The number of hydrogen-bond donors (Lipinski definition) is 1. The zero-order valence-corrected chi connectivity index (χ0v) is 10.9. The second-order valence-electron chi connectivity index (χ2n) is 4.69. The Labute approximate surface area is 109 Å². The van der Waals surface area contributed by atoms with Crippen molar-refractivity contribution in [1.82, 2.24) is 4.90 Å². The van der Waals surface area contributed by atoms with Crippen molar-refractivity contribution in [3.8, 4) is 0 Å². The predicted molar refractivity (Wildman–Crippen MR) is 72.1 cm³/mol. The van der Waals surface area contributed by atoms with Gasteiger partial charge in [-0.1, -0.05) is 18.2 Å². The van der Waals surface area contributed by atoms with E-state index in [0.717, 1.165) is 11.3 Å². The lowest BCUT2D eigenvalue weighted by Gasteiger charge is -2.28. The van der Waals surface area contributed by atoms with Gasteiger partial charge in [-0.15, -0.1) is 0 Å². The Morgan fingerprint density at radius 3 is 2.78 bits per heavy atom. The highest BCUT2D eigenvalue weighted by Gasteiger charge is 2.32. The van der Waals surface area contributed by atoms with Crippen LogP contribution in [0.4, 0.5) is 5.69 Å². The fourth-order valence-electron chi connectivity index (χ4n) is 2.58. The van der Waals surface area contributed by atoms with Crippen molar-refractivity contribution < 1.29 is 9.00 Å². The molecule has 1 aromatic carbocycles. The zero-order chi connectivity index (χ0) is 12.5. The molecule has 4 nitrogen and oxygen atoms in total. The van der Waals surface area contributed by atoms with Gasteiger partial charge in [-0.25, -0.2) is 0 Å². The molecule has 1 N–H and O–H groups in total. The SMILES string of the molecule is O=C(C1CNc2ccccc21)N1CCS(=O)CC1. The van der Waals surface area contributed by atoms with Gasteiger partial charge in [0, 0.05) is 47.6 Å². The molecule has 1 amide bonds. The van der Waals surface area contributed by atoms with E-state index in [0.29, 0.717) is 31.1 Å². The molecule has 2 aliphatic heterocycles. The molecular weight excluding hydrogens is 248 g/mol. The summed E-state index contributed by atoms with van der Waals surface area (Å²) in [6, 6.07) is 7.97. The van der Waals surface area contributed by atoms with Crippen LogP contribution in [0.15, 0.2) is 24.3 Å². The van der Waals surface area contributed by atoms with Crippen molar-refractivity contribution in [3.05, 3.63) is 29.8 Å². The van der Waals surface area contributed by atoms with Crippen LogP contribution >= 0.6 is 0 Å². The quantitative estimate of drug-likeness (QED) is 0.816. The van der Waals surface area contributed by atoms with Gasteiger partial charge in [0.2, 0.25) is 5.91 Å². The molecule has 0 bridgehead atoms. The Balaban J connectivity index is 1.76. The molecule has 0 aliphatic carbocycles. The number of para-hydroxylation sites is 1. The third-order valence-corrected chi connectivity index (χ3v) is 4.90. The Morgan fingerprint density at radius 1 is 1.28 bits per heavy atom. The maximum Gasteiger partial charge on any atom is 0.232 e. The van der Waals surface area contributed by atoms with E-state index < -0.39 is 10.8 Å². The molecule has 1 aromatic rings. The number of nitrogens with zero attached hydrogens (tertiary/aromatic N) is 1. The summed E-state index contributed by atoms with van der Waals surface area (Å²) in [7, 11) is -0.734. The molecule has 1 unspecified atom stereocenters. The van der Waals surface area contributed by atoms with Crippen LogP contribution in [0, 0.1) is 0 Å². The van der Waals surface area contributed by atoms with E-state index >= 15 is 0 Å². The minimum atomic E-state index is -0.734. The van der Waals surface area contributed by atoms with E-state index in [9.17, 15) is 9.00 Å².